The SMILES string of the molecule is COc1cc(C=C2SC(=S)N(CCC(=O)N3CCC(Cc4ccccc4)CC3)C2=O)cc(OC)c1OC. The molecule has 0 atom stereocenters. The summed E-state index contributed by atoms with van der Waals surface area (Å²) >= 11 is 6.70. The molecule has 2 amide bonds. The number of carbonyl (C=O) groups is 2. The number of hydrogen-bond donors (Lipinski definition) is 0. The van der Waals surface area contributed by atoms with E-state index in [1.165, 1.54) is 22.2 Å². The van der Waals surface area contributed by atoms with Crippen LogP contribution in [0.1, 0.15) is 30.4 Å². The van der Waals surface area contributed by atoms with Crippen molar-refractivity contribution in [1.29, 1.82) is 0 Å². The second kappa shape index (κ2) is 12.5. The van der Waals surface area contributed by atoms with Gasteiger partial charge in [0.2, 0.25) is 11.7 Å². The summed E-state index contributed by atoms with van der Waals surface area (Å²) in [5, 5.41) is 0. The molecule has 2 saturated heterocycles. The molecule has 2 aliphatic heterocycles. The molecule has 2 aromatic carbocycles. The van der Waals surface area contributed by atoms with E-state index in [1.54, 1.807) is 39.5 Å². The third-order valence-electron chi connectivity index (χ3n) is 6.74. The molecule has 2 aromatic rings. The van der Waals surface area contributed by atoms with E-state index in [0.29, 0.717) is 32.4 Å². The minimum absolute atomic E-state index is 0.0702. The van der Waals surface area contributed by atoms with Crippen LogP contribution in [-0.4, -0.2) is 66.9 Å². The van der Waals surface area contributed by atoms with Crippen LogP contribution >= 0.6 is 24.0 Å². The maximum Gasteiger partial charge on any atom is 0.266 e. The Balaban J connectivity index is 1.33. The van der Waals surface area contributed by atoms with Gasteiger partial charge in [0.25, 0.3) is 5.91 Å². The predicted molar refractivity (Wildman–Crippen MR) is 150 cm³/mol. The molecule has 2 aliphatic rings. The van der Waals surface area contributed by atoms with Crippen molar-refractivity contribution in [2.45, 2.75) is 25.7 Å². The van der Waals surface area contributed by atoms with Crippen LogP contribution in [0.3, 0.4) is 0 Å². The van der Waals surface area contributed by atoms with Crippen molar-refractivity contribution in [1.82, 2.24) is 9.80 Å². The Kier molecular flexibility index (Phi) is 9.10. The monoisotopic (exact) mass is 540 g/mol. The third kappa shape index (κ3) is 6.45. The highest BCUT2D eigenvalue weighted by Gasteiger charge is 2.33. The van der Waals surface area contributed by atoms with Crippen LogP contribution in [-0.2, 0) is 16.0 Å². The quantitative estimate of drug-likeness (QED) is 0.335. The fourth-order valence-electron chi connectivity index (χ4n) is 4.73. The highest BCUT2D eigenvalue weighted by molar-refractivity contribution is 8.26. The summed E-state index contributed by atoms with van der Waals surface area (Å²) in [7, 11) is 4.63. The van der Waals surface area contributed by atoms with Crippen LogP contribution in [0, 0.1) is 5.92 Å². The van der Waals surface area contributed by atoms with E-state index in [9.17, 15) is 9.59 Å². The van der Waals surface area contributed by atoms with Gasteiger partial charge in [-0.1, -0.05) is 54.3 Å². The van der Waals surface area contributed by atoms with Crippen molar-refractivity contribution in [3.8, 4) is 17.2 Å². The first-order valence-electron chi connectivity index (χ1n) is 12.3. The van der Waals surface area contributed by atoms with Gasteiger partial charge in [0.05, 0.1) is 26.2 Å². The average molecular weight is 541 g/mol. The molecule has 4 rings (SSSR count). The van der Waals surface area contributed by atoms with E-state index in [1.807, 2.05) is 11.0 Å². The van der Waals surface area contributed by atoms with Crippen molar-refractivity contribution in [2.75, 3.05) is 41.0 Å². The standard InChI is InChI=1S/C28H32N2O5S2/c1-33-22-16-21(17-23(34-2)26(22)35-3)18-24-27(32)30(28(36)37-24)14-11-25(31)29-12-9-20(10-13-29)15-19-7-5-4-6-8-19/h4-8,16-18,20H,9-15H2,1-3H3. The zero-order valence-electron chi connectivity index (χ0n) is 21.4. The Morgan fingerprint density at radius 1 is 1.05 bits per heavy atom. The number of hydrogen-bond acceptors (Lipinski definition) is 7. The van der Waals surface area contributed by atoms with Crippen LogP contribution in [0.15, 0.2) is 47.4 Å². The number of nitrogens with zero attached hydrogens (tertiary/aromatic N) is 2. The highest BCUT2D eigenvalue weighted by atomic mass is 32.2. The predicted octanol–water partition coefficient (Wildman–Crippen LogP) is 4.79. The zero-order chi connectivity index (χ0) is 26.4. The first-order chi connectivity index (χ1) is 17.9. The fraction of sp³-hybridized carbons (Fsp3) is 0.393. The Hall–Kier alpha value is -3.04. The Labute approximate surface area is 227 Å². The van der Waals surface area contributed by atoms with E-state index in [2.05, 4.69) is 24.3 Å². The van der Waals surface area contributed by atoms with Gasteiger partial charge in [-0.2, -0.15) is 0 Å². The Bertz CT molecular complexity index is 1150. The lowest BCUT2D eigenvalue weighted by molar-refractivity contribution is -0.133. The number of thiocarbonyl (C=S) groups is 1. The molecule has 0 aliphatic carbocycles. The first-order valence-corrected chi connectivity index (χ1v) is 13.5. The van der Waals surface area contributed by atoms with Gasteiger partial charge in [-0.3, -0.25) is 14.5 Å². The van der Waals surface area contributed by atoms with Gasteiger partial charge in [-0.05, 0) is 54.5 Å². The summed E-state index contributed by atoms with van der Waals surface area (Å²) in [6, 6.07) is 14.1. The van der Waals surface area contributed by atoms with E-state index in [-0.39, 0.29) is 24.8 Å². The highest BCUT2D eigenvalue weighted by Crippen LogP contribution is 2.40. The summed E-state index contributed by atoms with van der Waals surface area (Å²) in [5.41, 5.74) is 2.07. The molecule has 0 radical (unpaired) electrons. The number of piperidine rings is 1. The maximum absolute atomic E-state index is 13.1. The second-order valence-electron chi connectivity index (χ2n) is 9.06. The van der Waals surface area contributed by atoms with Crippen LogP contribution in [0.4, 0.5) is 0 Å². The Morgan fingerprint density at radius 2 is 1.70 bits per heavy atom. The summed E-state index contributed by atoms with van der Waals surface area (Å²) in [6.45, 7) is 1.80. The zero-order valence-corrected chi connectivity index (χ0v) is 23.0. The molecule has 2 heterocycles. The summed E-state index contributed by atoms with van der Waals surface area (Å²) in [5.74, 6) is 1.96. The molecule has 9 heteroatoms. The third-order valence-corrected chi connectivity index (χ3v) is 8.12. The molecule has 0 unspecified atom stereocenters. The topological polar surface area (TPSA) is 68.3 Å². The lowest BCUT2D eigenvalue weighted by Gasteiger charge is -2.32. The fourth-order valence-corrected chi connectivity index (χ4v) is 6.04. The smallest absolute Gasteiger partial charge is 0.266 e. The van der Waals surface area contributed by atoms with E-state index >= 15 is 0 Å². The summed E-state index contributed by atoms with van der Waals surface area (Å²) in [6.07, 6.45) is 5.06. The largest absolute Gasteiger partial charge is 0.493 e. The molecule has 196 valence electrons. The minimum Gasteiger partial charge on any atom is -0.493 e. The Morgan fingerprint density at radius 3 is 2.30 bits per heavy atom. The van der Waals surface area contributed by atoms with Crippen LogP contribution in [0.5, 0.6) is 17.2 Å². The second-order valence-corrected chi connectivity index (χ2v) is 10.7. The number of thioether (sulfide) groups is 1. The number of carbonyl (C=O) groups excluding carboxylic acids is 2. The van der Waals surface area contributed by atoms with E-state index in [4.69, 9.17) is 26.4 Å². The van der Waals surface area contributed by atoms with E-state index in [0.717, 1.165) is 37.9 Å². The van der Waals surface area contributed by atoms with Crippen molar-refractivity contribution < 1.29 is 23.8 Å². The van der Waals surface area contributed by atoms with Crippen LogP contribution in [0.25, 0.3) is 6.08 Å². The van der Waals surface area contributed by atoms with E-state index < -0.39 is 0 Å². The van der Waals surface area contributed by atoms with Crippen LogP contribution in [0.2, 0.25) is 0 Å². The van der Waals surface area contributed by atoms with Gasteiger partial charge < -0.3 is 19.1 Å². The van der Waals surface area contributed by atoms with Crippen molar-refractivity contribution in [3.63, 3.8) is 0 Å². The summed E-state index contributed by atoms with van der Waals surface area (Å²) < 4.78 is 16.6. The van der Waals surface area contributed by atoms with Crippen molar-refractivity contribution in [3.05, 3.63) is 58.5 Å². The molecule has 0 aromatic heterocycles. The molecule has 0 saturated carbocycles. The molecular weight excluding hydrogens is 508 g/mol. The normalized spacial score (nSPS) is 17.4. The molecule has 0 spiro atoms. The number of rotatable bonds is 9. The maximum atomic E-state index is 13.1. The minimum atomic E-state index is -0.196. The van der Waals surface area contributed by atoms with Crippen molar-refractivity contribution >= 4 is 46.2 Å². The molecular formula is C28H32N2O5S2. The number of amides is 2. The first kappa shape index (κ1) is 27.0. The molecule has 0 N–H and O–H groups in total. The van der Waals surface area contributed by atoms with Gasteiger partial charge in [-0.15, -0.1) is 0 Å². The van der Waals surface area contributed by atoms with Crippen LogP contribution < -0.4 is 14.2 Å². The van der Waals surface area contributed by atoms with Crippen molar-refractivity contribution in [2.24, 2.45) is 5.92 Å². The lowest BCUT2D eigenvalue weighted by Crippen LogP contribution is -2.41. The van der Waals surface area contributed by atoms with Gasteiger partial charge in [-0.25, -0.2) is 0 Å². The molecule has 37 heavy (non-hydrogen) atoms. The summed E-state index contributed by atoms with van der Waals surface area (Å²) in [4.78, 5) is 29.9. The molecule has 0 bridgehead atoms. The molecule has 2 fully saturated rings. The molecule has 7 nitrogen and oxygen atoms in total. The van der Waals surface area contributed by atoms with Gasteiger partial charge in [0, 0.05) is 26.1 Å². The lowest BCUT2D eigenvalue weighted by atomic mass is 9.90. The average Bonchev–Trinajstić information content (AvgIpc) is 3.19. The number of benzene rings is 2. The number of ether oxygens (including phenoxy) is 3. The number of methoxy groups -OCH3 is 3. The van der Waals surface area contributed by atoms with Gasteiger partial charge in [0.1, 0.15) is 4.32 Å². The van der Waals surface area contributed by atoms with Gasteiger partial charge >= 0.3 is 0 Å². The van der Waals surface area contributed by atoms with Gasteiger partial charge in [0.15, 0.2) is 11.5 Å². The number of likely N-dealkylation sites (tertiary alicyclic amines) is 1.